The fraction of sp³-hybridized carbons (Fsp3) is 0.364. The van der Waals surface area contributed by atoms with Gasteiger partial charge in [-0.05, 0) is 43.7 Å². The molecule has 6 nitrogen and oxygen atoms in total. The third kappa shape index (κ3) is 4.85. The molecule has 1 amide bonds. The first-order valence-corrected chi connectivity index (χ1v) is 10.0. The normalized spacial score (nSPS) is 19.1. The Bertz CT molecular complexity index is 951. The summed E-state index contributed by atoms with van der Waals surface area (Å²) in [6.45, 7) is 0. The van der Waals surface area contributed by atoms with Gasteiger partial charge in [-0.3, -0.25) is 19.4 Å². The predicted molar refractivity (Wildman–Crippen MR) is 107 cm³/mol. The summed E-state index contributed by atoms with van der Waals surface area (Å²) in [5, 5.41) is 7.60. The Balaban J connectivity index is 1.25. The van der Waals surface area contributed by atoms with Crippen LogP contribution in [0.2, 0.25) is 0 Å². The third-order valence-corrected chi connectivity index (χ3v) is 5.48. The van der Waals surface area contributed by atoms with Crippen molar-refractivity contribution in [3.05, 3.63) is 66.6 Å². The first-order valence-electron chi connectivity index (χ1n) is 10.0. The second-order valence-electron chi connectivity index (χ2n) is 7.46. The molecule has 150 valence electrons. The molecule has 3 aromatic rings. The van der Waals surface area contributed by atoms with Gasteiger partial charge >= 0.3 is 0 Å². The summed E-state index contributed by atoms with van der Waals surface area (Å²) in [7, 11) is 0. The Labute approximate surface area is 169 Å². The Hall–Kier alpha value is -3.09. The molecule has 1 aliphatic carbocycles. The molecule has 2 aromatic heterocycles. The fourth-order valence-electron chi connectivity index (χ4n) is 3.85. The summed E-state index contributed by atoms with van der Waals surface area (Å²) < 4.78 is 15.7. The van der Waals surface area contributed by atoms with Gasteiger partial charge in [0, 0.05) is 36.6 Å². The van der Waals surface area contributed by atoms with Crippen molar-refractivity contribution in [2.45, 2.75) is 50.6 Å². The van der Waals surface area contributed by atoms with Crippen LogP contribution in [0, 0.1) is 5.82 Å². The number of carbonyl (C=O) groups excluding carboxylic acids is 1. The highest BCUT2D eigenvalue weighted by atomic mass is 19.1. The molecule has 0 atom stereocenters. The molecule has 4 rings (SSSR count). The van der Waals surface area contributed by atoms with Crippen LogP contribution in [0.5, 0.6) is 0 Å². The first kappa shape index (κ1) is 19.2. The number of carbonyl (C=O) groups is 1. The van der Waals surface area contributed by atoms with Gasteiger partial charge in [-0.1, -0.05) is 18.2 Å². The zero-order valence-corrected chi connectivity index (χ0v) is 16.2. The van der Waals surface area contributed by atoms with Crippen LogP contribution in [0.15, 0.2) is 55.2 Å². The van der Waals surface area contributed by atoms with E-state index in [0.717, 1.165) is 36.9 Å². The maximum Gasteiger partial charge on any atom is 0.220 e. The van der Waals surface area contributed by atoms with Crippen LogP contribution >= 0.6 is 0 Å². The van der Waals surface area contributed by atoms with Crippen LogP contribution in [0.4, 0.5) is 4.39 Å². The molecule has 0 spiro atoms. The molecule has 1 fully saturated rings. The SMILES string of the molecule is O=C(CCc1ccccc1F)NC1CCC(n2cc(-c3cnccn3)cn2)CC1. The minimum Gasteiger partial charge on any atom is -0.353 e. The quantitative estimate of drug-likeness (QED) is 0.693. The first-order chi connectivity index (χ1) is 14.2. The van der Waals surface area contributed by atoms with Gasteiger partial charge in [0.2, 0.25) is 5.91 Å². The summed E-state index contributed by atoms with van der Waals surface area (Å²) in [5.41, 5.74) is 2.36. The van der Waals surface area contributed by atoms with Crippen LogP contribution in [-0.2, 0) is 11.2 Å². The minimum absolute atomic E-state index is 0.0132. The van der Waals surface area contributed by atoms with Crippen molar-refractivity contribution in [3.8, 4) is 11.3 Å². The van der Waals surface area contributed by atoms with Crippen LogP contribution in [0.3, 0.4) is 0 Å². The Morgan fingerprint density at radius 1 is 1.14 bits per heavy atom. The standard InChI is InChI=1S/C22H24FN5O/c23-20-4-2-1-3-16(20)5-10-22(29)27-18-6-8-19(9-7-18)28-15-17(13-26-28)21-14-24-11-12-25-21/h1-4,11-15,18-19H,5-10H2,(H,27,29). The van der Waals surface area contributed by atoms with Gasteiger partial charge in [0.15, 0.2) is 0 Å². The van der Waals surface area contributed by atoms with Crippen LogP contribution in [0.25, 0.3) is 11.3 Å². The summed E-state index contributed by atoms with van der Waals surface area (Å²) in [6, 6.07) is 7.11. The topological polar surface area (TPSA) is 72.7 Å². The highest BCUT2D eigenvalue weighted by Gasteiger charge is 2.24. The van der Waals surface area contributed by atoms with E-state index in [9.17, 15) is 9.18 Å². The number of hydrogen-bond donors (Lipinski definition) is 1. The van der Waals surface area contributed by atoms with Gasteiger partial charge < -0.3 is 5.32 Å². The van der Waals surface area contributed by atoms with Crippen molar-refractivity contribution in [1.29, 1.82) is 0 Å². The van der Waals surface area contributed by atoms with Crippen molar-refractivity contribution in [1.82, 2.24) is 25.1 Å². The highest BCUT2D eigenvalue weighted by molar-refractivity contribution is 5.76. The van der Waals surface area contributed by atoms with E-state index in [2.05, 4.69) is 20.4 Å². The summed E-state index contributed by atoms with van der Waals surface area (Å²) >= 11 is 0. The molecule has 0 bridgehead atoms. The van der Waals surface area contributed by atoms with Crippen LogP contribution in [0.1, 0.15) is 43.7 Å². The van der Waals surface area contributed by atoms with E-state index in [-0.39, 0.29) is 17.8 Å². The monoisotopic (exact) mass is 393 g/mol. The van der Waals surface area contributed by atoms with Crippen molar-refractivity contribution in [2.75, 3.05) is 0 Å². The number of amides is 1. The van der Waals surface area contributed by atoms with Gasteiger partial charge in [0.25, 0.3) is 0 Å². The predicted octanol–water partition coefficient (Wildman–Crippen LogP) is 3.71. The van der Waals surface area contributed by atoms with Gasteiger partial charge in [-0.25, -0.2) is 4.39 Å². The highest BCUT2D eigenvalue weighted by Crippen LogP contribution is 2.29. The van der Waals surface area contributed by atoms with Crippen molar-refractivity contribution < 1.29 is 9.18 Å². The zero-order valence-electron chi connectivity index (χ0n) is 16.2. The zero-order chi connectivity index (χ0) is 20.1. The largest absolute Gasteiger partial charge is 0.353 e. The molecule has 0 saturated heterocycles. The van der Waals surface area contributed by atoms with Gasteiger partial charge in [0.05, 0.1) is 24.1 Å². The molecule has 0 radical (unpaired) electrons. The molecular formula is C22H24FN5O. The number of aromatic nitrogens is 4. The van der Waals surface area contributed by atoms with Crippen LogP contribution < -0.4 is 5.32 Å². The maximum absolute atomic E-state index is 13.7. The lowest BCUT2D eigenvalue weighted by Gasteiger charge is -2.29. The van der Waals surface area contributed by atoms with E-state index in [1.54, 1.807) is 36.8 Å². The summed E-state index contributed by atoms with van der Waals surface area (Å²) in [4.78, 5) is 20.7. The molecule has 1 aromatic carbocycles. The van der Waals surface area contributed by atoms with E-state index in [0.29, 0.717) is 24.4 Å². The smallest absolute Gasteiger partial charge is 0.220 e. The minimum atomic E-state index is -0.249. The Morgan fingerprint density at radius 2 is 1.97 bits per heavy atom. The lowest BCUT2D eigenvalue weighted by atomic mass is 9.91. The number of benzene rings is 1. The second-order valence-corrected chi connectivity index (χ2v) is 7.46. The average molecular weight is 393 g/mol. The van der Waals surface area contributed by atoms with Crippen molar-refractivity contribution in [3.63, 3.8) is 0 Å². The van der Waals surface area contributed by atoms with E-state index >= 15 is 0 Å². The van der Waals surface area contributed by atoms with Crippen molar-refractivity contribution >= 4 is 5.91 Å². The van der Waals surface area contributed by atoms with E-state index < -0.39 is 0 Å². The number of nitrogens with zero attached hydrogens (tertiary/aromatic N) is 4. The molecule has 1 N–H and O–H groups in total. The molecule has 7 heteroatoms. The molecule has 0 unspecified atom stereocenters. The number of hydrogen-bond acceptors (Lipinski definition) is 4. The molecule has 1 saturated carbocycles. The second kappa shape index (κ2) is 8.94. The number of nitrogens with one attached hydrogen (secondary N) is 1. The Morgan fingerprint density at radius 3 is 2.72 bits per heavy atom. The maximum atomic E-state index is 13.7. The number of rotatable bonds is 6. The molecule has 1 aliphatic rings. The Kier molecular flexibility index (Phi) is 5.93. The van der Waals surface area contributed by atoms with Crippen LogP contribution in [-0.4, -0.2) is 31.7 Å². The molecule has 29 heavy (non-hydrogen) atoms. The van der Waals surface area contributed by atoms with E-state index in [1.807, 2.05) is 17.1 Å². The average Bonchev–Trinajstić information content (AvgIpc) is 3.25. The summed E-state index contributed by atoms with van der Waals surface area (Å²) in [5.74, 6) is -0.262. The van der Waals surface area contributed by atoms with Gasteiger partial charge in [-0.2, -0.15) is 5.10 Å². The molecule has 2 heterocycles. The molecule has 0 aliphatic heterocycles. The van der Waals surface area contributed by atoms with Crippen molar-refractivity contribution in [2.24, 2.45) is 0 Å². The van der Waals surface area contributed by atoms with Gasteiger partial charge in [0.1, 0.15) is 5.82 Å². The number of halogens is 1. The lowest BCUT2D eigenvalue weighted by molar-refractivity contribution is -0.122. The van der Waals surface area contributed by atoms with Gasteiger partial charge in [-0.15, -0.1) is 0 Å². The summed E-state index contributed by atoms with van der Waals surface area (Å²) in [6.07, 6.45) is 13.4. The lowest BCUT2D eigenvalue weighted by Crippen LogP contribution is -2.38. The molecular weight excluding hydrogens is 369 g/mol. The fourth-order valence-corrected chi connectivity index (χ4v) is 3.85. The van der Waals surface area contributed by atoms with E-state index in [4.69, 9.17) is 0 Å². The third-order valence-electron chi connectivity index (χ3n) is 5.48. The van der Waals surface area contributed by atoms with E-state index in [1.165, 1.54) is 6.07 Å². The number of aryl methyl sites for hydroxylation is 1.